The van der Waals surface area contributed by atoms with Gasteiger partial charge in [-0.05, 0) is 32.4 Å². The van der Waals surface area contributed by atoms with Crippen LogP contribution in [0.2, 0.25) is 0 Å². The Hall–Kier alpha value is -2.37. The summed E-state index contributed by atoms with van der Waals surface area (Å²) in [6.45, 7) is 6.74. The third-order valence-electron chi connectivity index (χ3n) is 3.85. The zero-order valence-corrected chi connectivity index (χ0v) is 12.2. The molecule has 0 unspecified atom stereocenters. The molecule has 0 spiro atoms. The third kappa shape index (κ3) is 1.76. The third-order valence-corrected chi connectivity index (χ3v) is 3.85. The number of aryl methyl sites for hydroxylation is 3. The highest BCUT2D eigenvalue weighted by Crippen LogP contribution is 2.28. The summed E-state index contributed by atoms with van der Waals surface area (Å²) in [7, 11) is 1.94. The predicted octanol–water partition coefficient (Wildman–Crippen LogP) is 1.72. The molecule has 0 bridgehead atoms. The van der Waals surface area contributed by atoms with E-state index >= 15 is 0 Å². The highest BCUT2D eigenvalue weighted by Gasteiger charge is 2.17. The van der Waals surface area contributed by atoms with E-state index in [1.54, 1.807) is 6.20 Å². The van der Waals surface area contributed by atoms with Gasteiger partial charge in [-0.2, -0.15) is 5.10 Å². The van der Waals surface area contributed by atoms with Crippen LogP contribution < -0.4 is 5.73 Å². The van der Waals surface area contributed by atoms with Crippen molar-refractivity contribution in [2.24, 2.45) is 7.05 Å². The molecular formula is C14H18N6. The van der Waals surface area contributed by atoms with E-state index in [-0.39, 0.29) is 0 Å². The minimum Gasteiger partial charge on any atom is -0.383 e. The summed E-state index contributed by atoms with van der Waals surface area (Å²) >= 11 is 0. The highest BCUT2D eigenvalue weighted by molar-refractivity contribution is 5.91. The normalized spacial score (nSPS) is 11.4. The number of nitrogen functional groups attached to an aromatic ring is 1. The van der Waals surface area contributed by atoms with E-state index in [4.69, 9.17) is 5.73 Å². The molecule has 0 fully saturated rings. The molecular weight excluding hydrogens is 252 g/mol. The Morgan fingerprint density at radius 1 is 1.20 bits per heavy atom. The Bertz CT molecular complexity index is 796. The van der Waals surface area contributed by atoms with Gasteiger partial charge in [0, 0.05) is 18.9 Å². The van der Waals surface area contributed by atoms with E-state index in [0.717, 1.165) is 34.5 Å². The summed E-state index contributed by atoms with van der Waals surface area (Å²) < 4.78 is 4.05. The zero-order valence-electron chi connectivity index (χ0n) is 12.2. The highest BCUT2D eigenvalue weighted by atomic mass is 15.3. The van der Waals surface area contributed by atoms with Crippen molar-refractivity contribution < 1.29 is 0 Å². The maximum Gasteiger partial charge on any atom is 0.146 e. The van der Waals surface area contributed by atoms with Crippen LogP contribution in [0.4, 0.5) is 5.82 Å². The van der Waals surface area contributed by atoms with Crippen LogP contribution in [-0.4, -0.2) is 24.3 Å². The molecule has 20 heavy (non-hydrogen) atoms. The molecule has 2 N–H and O–H groups in total. The van der Waals surface area contributed by atoms with Gasteiger partial charge in [0.15, 0.2) is 0 Å². The summed E-state index contributed by atoms with van der Waals surface area (Å²) in [4.78, 5) is 8.84. The van der Waals surface area contributed by atoms with Crippen molar-refractivity contribution in [1.29, 1.82) is 0 Å². The predicted molar refractivity (Wildman–Crippen MR) is 78.5 cm³/mol. The summed E-state index contributed by atoms with van der Waals surface area (Å²) in [5.74, 6) is 1.25. The van der Waals surface area contributed by atoms with Gasteiger partial charge in [0.25, 0.3) is 0 Å². The summed E-state index contributed by atoms with van der Waals surface area (Å²) in [5, 5.41) is 5.16. The fourth-order valence-electron chi connectivity index (χ4n) is 2.59. The molecule has 0 aromatic carbocycles. The first-order valence-electron chi connectivity index (χ1n) is 6.55. The maximum atomic E-state index is 6.06. The summed E-state index contributed by atoms with van der Waals surface area (Å²) in [6, 6.07) is 2.01. The lowest BCUT2D eigenvalue weighted by atomic mass is 10.2. The van der Waals surface area contributed by atoms with Crippen molar-refractivity contribution in [1.82, 2.24) is 24.3 Å². The lowest BCUT2D eigenvalue weighted by molar-refractivity contribution is 0.666. The number of rotatable bonds is 2. The number of anilines is 1. The van der Waals surface area contributed by atoms with Gasteiger partial charge in [-0.25, -0.2) is 9.97 Å². The monoisotopic (exact) mass is 270 g/mol. The van der Waals surface area contributed by atoms with Crippen LogP contribution in [0.1, 0.15) is 22.8 Å². The van der Waals surface area contributed by atoms with Gasteiger partial charge in [-0.15, -0.1) is 0 Å². The number of fused-ring (bicyclic) bond motifs is 1. The first kappa shape index (κ1) is 12.7. The standard InChI is InChI=1S/C14H18N6/c1-8-9(2)20(7-11-5-6-16-19(11)4)14-12(8)13(15)17-10(3)18-14/h5-6H,7H2,1-4H3,(H2,15,17,18). The quantitative estimate of drug-likeness (QED) is 0.769. The molecule has 0 aliphatic rings. The molecule has 0 saturated carbocycles. The van der Waals surface area contributed by atoms with Crippen molar-refractivity contribution in [3.8, 4) is 0 Å². The van der Waals surface area contributed by atoms with Gasteiger partial charge in [0.1, 0.15) is 17.3 Å². The first-order valence-corrected chi connectivity index (χ1v) is 6.55. The second-order valence-electron chi connectivity index (χ2n) is 5.10. The van der Waals surface area contributed by atoms with Gasteiger partial charge >= 0.3 is 0 Å². The average molecular weight is 270 g/mol. The molecule has 3 heterocycles. The lowest BCUT2D eigenvalue weighted by Crippen LogP contribution is -2.08. The number of hydrogen-bond donors (Lipinski definition) is 1. The Kier molecular flexibility index (Phi) is 2.74. The lowest BCUT2D eigenvalue weighted by Gasteiger charge is -2.08. The van der Waals surface area contributed by atoms with Crippen molar-refractivity contribution in [3.05, 3.63) is 35.0 Å². The molecule has 3 aromatic heterocycles. The molecule has 0 saturated heterocycles. The largest absolute Gasteiger partial charge is 0.383 e. The van der Waals surface area contributed by atoms with Crippen molar-refractivity contribution in [3.63, 3.8) is 0 Å². The zero-order chi connectivity index (χ0) is 14.4. The Morgan fingerprint density at radius 2 is 1.95 bits per heavy atom. The topological polar surface area (TPSA) is 74.5 Å². The van der Waals surface area contributed by atoms with Crippen molar-refractivity contribution in [2.75, 3.05) is 5.73 Å². The molecule has 0 atom stereocenters. The Balaban J connectivity index is 2.25. The smallest absolute Gasteiger partial charge is 0.146 e. The van der Waals surface area contributed by atoms with E-state index in [0.29, 0.717) is 11.6 Å². The van der Waals surface area contributed by atoms with Gasteiger partial charge in [0.2, 0.25) is 0 Å². The fraction of sp³-hybridized carbons (Fsp3) is 0.357. The van der Waals surface area contributed by atoms with Crippen LogP contribution in [0.5, 0.6) is 0 Å². The second-order valence-corrected chi connectivity index (χ2v) is 5.10. The minimum absolute atomic E-state index is 0.553. The van der Waals surface area contributed by atoms with E-state index in [2.05, 4.69) is 33.5 Å². The van der Waals surface area contributed by atoms with E-state index < -0.39 is 0 Å². The van der Waals surface area contributed by atoms with Gasteiger partial charge in [-0.1, -0.05) is 0 Å². The fourth-order valence-corrected chi connectivity index (χ4v) is 2.59. The number of nitrogens with two attached hydrogens (primary N) is 1. The number of nitrogens with zero attached hydrogens (tertiary/aromatic N) is 5. The molecule has 3 aromatic rings. The first-order chi connectivity index (χ1) is 9.49. The second kappa shape index (κ2) is 4.33. The van der Waals surface area contributed by atoms with Gasteiger partial charge in [-0.3, -0.25) is 4.68 Å². The molecule has 0 aliphatic carbocycles. The number of hydrogen-bond acceptors (Lipinski definition) is 4. The molecule has 0 amide bonds. The van der Waals surface area contributed by atoms with Crippen molar-refractivity contribution in [2.45, 2.75) is 27.3 Å². The van der Waals surface area contributed by atoms with E-state index in [1.165, 1.54) is 0 Å². The SMILES string of the molecule is Cc1nc(N)c2c(C)c(C)n(Cc3ccnn3C)c2n1. The number of aromatic nitrogens is 5. The average Bonchev–Trinajstić information content (AvgIpc) is 2.87. The summed E-state index contributed by atoms with van der Waals surface area (Å²) in [5.41, 5.74) is 10.4. The van der Waals surface area contributed by atoms with Crippen LogP contribution in [0.3, 0.4) is 0 Å². The molecule has 104 valence electrons. The summed E-state index contributed by atoms with van der Waals surface area (Å²) in [6.07, 6.45) is 1.80. The van der Waals surface area contributed by atoms with E-state index in [9.17, 15) is 0 Å². The van der Waals surface area contributed by atoms with Crippen LogP contribution in [0, 0.1) is 20.8 Å². The molecule has 6 heteroatoms. The van der Waals surface area contributed by atoms with E-state index in [1.807, 2.05) is 24.7 Å². The van der Waals surface area contributed by atoms with Crippen molar-refractivity contribution >= 4 is 16.9 Å². The van der Waals surface area contributed by atoms with Crippen LogP contribution in [-0.2, 0) is 13.6 Å². The molecule has 0 radical (unpaired) electrons. The van der Waals surface area contributed by atoms with Crippen LogP contribution >= 0.6 is 0 Å². The Morgan fingerprint density at radius 3 is 2.60 bits per heavy atom. The molecule has 6 nitrogen and oxygen atoms in total. The minimum atomic E-state index is 0.553. The Labute approximate surface area is 117 Å². The van der Waals surface area contributed by atoms with Crippen LogP contribution in [0.25, 0.3) is 11.0 Å². The van der Waals surface area contributed by atoms with Gasteiger partial charge in [0.05, 0.1) is 17.6 Å². The van der Waals surface area contributed by atoms with Gasteiger partial charge < -0.3 is 10.3 Å². The maximum absolute atomic E-state index is 6.06. The molecule has 3 rings (SSSR count). The molecule has 0 aliphatic heterocycles. The van der Waals surface area contributed by atoms with Crippen LogP contribution in [0.15, 0.2) is 12.3 Å².